The van der Waals surface area contributed by atoms with Gasteiger partial charge in [-0.05, 0) is 32.9 Å². The molecule has 0 saturated heterocycles. The standard InChI is InChI=1S/C15H15N3O3/c1-8-5-12(10(3)20-8)14-17-13(15(19)21-14)6-11-7-16-18(4)9(11)2/h5-7H,1-4H3. The number of aromatic nitrogens is 2. The molecule has 21 heavy (non-hydrogen) atoms. The molecule has 3 heterocycles. The monoisotopic (exact) mass is 285 g/mol. The van der Waals surface area contributed by atoms with Gasteiger partial charge in [-0.1, -0.05) is 0 Å². The number of furan rings is 1. The number of cyclic esters (lactones) is 1. The van der Waals surface area contributed by atoms with Gasteiger partial charge in [0, 0.05) is 18.3 Å². The minimum atomic E-state index is -0.466. The van der Waals surface area contributed by atoms with E-state index < -0.39 is 5.97 Å². The summed E-state index contributed by atoms with van der Waals surface area (Å²) in [7, 11) is 1.84. The van der Waals surface area contributed by atoms with Gasteiger partial charge in [-0.15, -0.1) is 0 Å². The normalized spacial score (nSPS) is 16.5. The van der Waals surface area contributed by atoms with Crippen LogP contribution >= 0.6 is 0 Å². The van der Waals surface area contributed by atoms with Crippen LogP contribution in [0.2, 0.25) is 0 Å². The highest BCUT2D eigenvalue weighted by atomic mass is 16.6. The van der Waals surface area contributed by atoms with Crippen molar-refractivity contribution in [3.63, 3.8) is 0 Å². The van der Waals surface area contributed by atoms with Crippen molar-refractivity contribution in [1.29, 1.82) is 0 Å². The molecular weight excluding hydrogens is 270 g/mol. The molecule has 0 amide bonds. The van der Waals surface area contributed by atoms with Gasteiger partial charge in [-0.2, -0.15) is 5.10 Å². The molecule has 2 aromatic heterocycles. The second-order valence-corrected chi connectivity index (χ2v) is 4.97. The maximum atomic E-state index is 11.9. The Morgan fingerprint density at radius 1 is 1.29 bits per heavy atom. The zero-order valence-corrected chi connectivity index (χ0v) is 12.3. The van der Waals surface area contributed by atoms with E-state index >= 15 is 0 Å². The van der Waals surface area contributed by atoms with Crippen LogP contribution in [-0.2, 0) is 16.6 Å². The number of carbonyl (C=O) groups is 1. The molecule has 0 aromatic carbocycles. The number of esters is 1. The van der Waals surface area contributed by atoms with Crippen LogP contribution in [0, 0.1) is 20.8 Å². The third kappa shape index (κ3) is 2.29. The molecule has 1 aliphatic rings. The van der Waals surface area contributed by atoms with Gasteiger partial charge in [0.25, 0.3) is 0 Å². The zero-order valence-electron chi connectivity index (χ0n) is 12.3. The van der Waals surface area contributed by atoms with Crippen molar-refractivity contribution in [3.8, 4) is 0 Å². The number of hydrogen-bond acceptors (Lipinski definition) is 5. The first-order chi connectivity index (χ1) is 9.95. The molecule has 0 N–H and O–H groups in total. The molecule has 0 bridgehead atoms. The zero-order chi connectivity index (χ0) is 15.1. The number of nitrogens with zero attached hydrogens (tertiary/aromatic N) is 3. The van der Waals surface area contributed by atoms with Crippen molar-refractivity contribution in [2.24, 2.45) is 12.0 Å². The molecule has 0 unspecified atom stereocenters. The summed E-state index contributed by atoms with van der Waals surface area (Å²) >= 11 is 0. The summed E-state index contributed by atoms with van der Waals surface area (Å²) in [5, 5.41) is 4.13. The second kappa shape index (κ2) is 4.73. The van der Waals surface area contributed by atoms with Crippen molar-refractivity contribution < 1.29 is 13.9 Å². The Labute approximate surface area is 121 Å². The van der Waals surface area contributed by atoms with E-state index in [-0.39, 0.29) is 11.6 Å². The van der Waals surface area contributed by atoms with E-state index in [0.29, 0.717) is 11.3 Å². The highest BCUT2D eigenvalue weighted by molar-refractivity contribution is 6.13. The Morgan fingerprint density at radius 2 is 2.05 bits per heavy atom. The molecule has 3 rings (SSSR count). The lowest BCUT2D eigenvalue weighted by Gasteiger charge is -1.95. The quantitative estimate of drug-likeness (QED) is 0.627. The lowest BCUT2D eigenvalue weighted by molar-refractivity contribution is -0.129. The predicted octanol–water partition coefficient (Wildman–Crippen LogP) is 2.28. The van der Waals surface area contributed by atoms with Crippen molar-refractivity contribution >= 4 is 17.9 Å². The average molecular weight is 285 g/mol. The van der Waals surface area contributed by atoms with E-state index in [1.165, 1.54) is 0 Å². The van der Waals surface area contributed by atoms with Crippen LogP contribution < -0.4 is 0 Å². The van der Waals surface area contributed by atoms with Gasteiger partial charge < -0.3 is 9.15 Å². The molecule has 0 aliphatic carbocycles. The van der Waals surface area contributed by atoms with Gasteiger partial charge in [0.15, 0.2) is 5.70 Å². The molecule has 0 atom stereocenters. The summed E-state index contributed by atoms with van der Waals surface area (Å²) in [6.45, 7) is 5.57. The molecular formula is C15H15N3O3. The lowest BCUT2D eigenvalue weighted by atomic mass is 10.2. The second-order valence-electron chi connectivity index (χ2n) is 4.97. The number of carbonyl (C=O) groups excluding carboxylic acids is 1. The SMILES string of the molecule is Cc1cc(C2=NC(=Cc3cnn(C)c3C)C(=O)O2)c(C)o1. The molecule has 2 aromatic rings. The fourth-order valence-electron chi connectivity index (χ4n) is 2.17. The summed E-state index contributed by atoms with van der Waals surface area (Å²) in [5.74, 6) is 1.24. The van der Waals surface area contributed by atoms with Crippen LogP contribution in [0.5, 0.6) is 0 Å². The number of aryl methyl sites for hydroxylation is 3. The van der Waals surface area contributed by atoms with Gasteiger partial charge in [-0.25, -0.2) is 9.79 Å². The number of hydrogen-bond donors (Lipinski definition) is 0. The molecule has 0 spiro atoms. The summed E-state index contributed by atoms with van der Waals surface area (Å²) in [6, 6.07) is 1.81. The first-order valence-corrected chi connectivity index (χ1v) is 6.54. The third-order valence-corrected chi connectivity index (χ3v) is 3.46. The Morgan fingerprint density at radius 3 is 2.62 bits per heavy atom. The summed E-state index contributed by atoms with van der Waals surface area (Å²) in [5.41, 5.74) is 2.76. The minimum Gasteiger partial charge on any atom is -0.466 e. The lowest BCUT2D eigenvalue weighted by Crippen LogP contribution is -2.05. The maximum Gasteiger partial charge on any atom is 0.363 e. The summed E-state index contributed by atoms with van der Waals surface area (Å²) in [4.78, 5) is 16.2. The summed E-state index contributed by atoms with van der Waals surface area (Å²) < 4.78 is 12.4. The van der Waals surface area contributed by atoms with E-state index in [1.807, 2.05) is 27.8 Å². The number of ether oxygens (including phenoxy) is 1. The van der Waals surface area contributed by atoms with Crippen LogP contribution in [0.15, 0.2) is 27.4 Å². The molecule has 6 nitrogen and oxygen atoms in total. The van der Waals surface area contributed by atoms with Crippen LogP contribution in [0.3, 0.4) is 0 Å². The molecule has 108 valence electrons. The molecule has 1 aliphatic heterocycles. The molecule has 6 heteroatoms. The van der Waals surface area contributed by atoms with Crippen molar-refractivity contribution in [2.75, 3.05) is 0 Å². The van der Waals surface area contributed by atoms with Crippen LogP contribution in [0.1, 0.15) is 28.3 Å². The van der Waals surface area contributed by atoms with E-state index in [9.17, 15) is 4.79 Å². The van der Waals surface area contributed by atoms with Gasteiger partial charge in [0.05, 0.1) is 11.8 Å². The Balaban J connectivity index is 1.99. The largest absolute Gasteiger partial charge is 0.466 e. The van der Waals surface area contributed by atoms with E-state index in [4.69, 9.17) is 9.15 Å². The van der Waals surface area contributed by atoms with E-state index in [1.54, 1.807) is 23.0 Å². The van der Waals surface area contributed by atoms with Crippen LogP contribution in [-0.4, -0.2) is 21.6 Å². The van der Waals surface area contributed by atoms with Gasteiger partial charge >= 0.3 is 5.97 Å². The van der Waals surface area contributed by atoms with E-state index in [2.05, 4.69) is 10.1 Å². The first kappa shape index (κ1) is 13.4. The molecule has 0 saturated carbocycles. The predicted molar refractivity (Wildman–Crippen MR) is 76.7 cm³/mol. The van der Waals surface area contributed by atoms with Crippen LogP contribution in [0.25, 0.3) is 6.08 Å². The fourth-order valence-corrected chi connectivity index (χ4v) is 2.17. The number of rotatable bonds is 2. The average Bonchev–Trinajstić information content (AvgIpc) is 3.04. The van der Waals surface area contributed by atoms with Crippen molar-refractivity contribution in [3.05, 3.63) is 46.3 Å². The first-order valence-electron chi connectivity index (χ1n) is 6.54. The minimum absolute atomic E-state index is 0.263. The van der Waals surface area contributed by atoms with E-state index in [0.717, 1.165) is 17.0 Å². The Bertz CT molecular complexity index is 793. The van der Waals surface area contributed by atoms with Crippen LogP contribution in [0.4, 0.5) is 0 Å². The van der Waals surface area contributed by atoms with Gasteiger partial charge in [0.1, 0.15) is 11.5 Å². The molecule has 0 radical (unpaired) electrons. The number of aliphatic imine (C=N–C) groups is 1. The highest BCUT2D eigenvalue weighted by Crippen LogP contribution is 2.23. The Hall–Kier alpha value is -2.63. The van der Waals surface area contributed by atoms with Crippen molar-refractivity contribution in [2.45, 2.75) is 20.8 Å². The molecule has 0 fully saturated rings. The Kier molecular flexibility index (Phi) is 3.01. The highest BCUT2D eigenvalue weighted by Gasteiger charge is 2.27. The van der Waals surface area contributed by atoms with Gasteiger partial charge in [0.2, 0.25) is 5.90 Å². The van der Waals surface area contributed by atoms with Gasteiger partial charge in [-0.3, -0.25) is 4.68 Å². The smallest absolute Gasteiger partial charge is 0.363 e. The maximum absolute atomic E-state index is 11.9. The van der Waals surface area contributed by atoms with Crippen molar-refractivity contribution in [1.82, 2.24) is 9.78 Å². The third-order valence-electron chi connectivity index (χ3n) is 3.46. The fraction of sp³-hybridized carbons (Fsp3) is 0.267. The summed E-state index contributed by atoms with van der Waals surface area (Å²) in [6.07, 6.45) is 3.37. The topological polar surface area (TPSA) is 69.6 Å².